The predicted octanol–water partition coefficient (Wildman–Crippen LogP) is 2.09. The summed E-state index contributed by atoms with van der Waals surface area (Å²) in [4.78, 5) is 0. The van der Waals surface area contributed by atoms with Gasteiger partial charge in [0.05, 0.1) is 6.10 Å². The van der Waals surface area contributed by atoms with Crippen molar-refractivity contribution < 1.29 is 4.18 Å². The van der Waals surface area contributed by atoms with Gasteiger partial charge in [-0.15, -0.1) is 0 Å². The van der Waals surface area contributed by atoms with Gasteiger partial charge < -0.3 is 4.18 Å². The van der Waals surface area contributed by atoms with Crippen molar-refractivity contribution >= 4 is 36.0 Å². The first-order valence-electron chi connectivity index (χ1n) is 3.59. The van der Waals surface area contributed by atoms with Crippen molar-refractivity contribution in [2.45, 2.75) is 32.8 Å². The standard InChI is InChI=1S/C7H14OS.Sn/c1-6(2)7-4-3-5-9-8-7;/h6-7H,3-5H2,1-2H3;. The van der Waals surface area contributed by atoms with Crippen LogP contribution in [0.3, 0.4) is 0 Å². The Morgan fingerprint density at radius 1 is 1.50 bits per heavy atom. The van der Waals surface area contributed by atoms with Crippen molar-refractivity contribution in [1.29, 1.82) is 0 Å². The second kappa shape index (κ2) is 5.72. The molecule has 4 radical (unpaired) electrons. The van der Waals surface area contributed by atoms with Crippen LogP contribution in [0, 0.1) is 5.92 Å². The molecule has 58 valence electrons. The van der Waals surface area contributed by atoms with E-state index in [1.54, 1.807) is 12.0 Å². The van der Waals surface area contributed by atoms with Crippen molar-refractivity contribution in [2.24, 2.45) is 5.92 Å². The first-order chi connectivity index (χ1) is 4.30. The van der Waals surface area contributed by atoms with Crippen molar-refractivity contribution in [3.63, 3.8) is 0 Å². The van der Waals surface area contributed by atoms with Crippen LogP contribution in [0.2, 0.25) is 0 Å². The zero-order valence-electron chi connectivity index (χ0n) is 6.59. The van der Waals surface area contributed by atoms with E-state index in [2.05, 4.69) is 13.8 Å². The first kappa shape index (κ1) is 11.1. The Kier molecular flexibility index (Phi) is 6.35. The van der Waals surface area contributed by atoms with E-state index < -0.39 is 0 Å². The Bertz CT molecular complexity index is 81.7. The van der Waals surface area contributed by atoms with Gasteiger partial charge in [-0.05, 0) is 30.8 Å². The molecule has 3 heteroatoms. The number of rotatable bonds is 1. The molecule has 1 aliphatic rings. The van der Waals surface area contributed by atoms with Gasteiger partial charge in [0.25, 0.3) is 0 Å². The van der Waals surface area contributed by atoms with Gasteiger partial charge >= 0.3 is 0 Å². The van der Waals surface area contributed by atoms with Crippen LogP contribution < -0.4 is 0 Å². The van der Waals surface area contributed by atoms with Crippen LogP contribution in [0.15, 0.2) is 0 Å². The summed E-state index contributed by atoms with van der Waals surface area (Å²) in [6.45, 7) is 4.44. The summed E-state index contributed by atoms with van der Waals surface area (Å²) in [6, 6.07) is 0. The minimum atomic E-state index is 0. The van der Waals surface area contributed by atoms with Gasteiger partial charge in [-0.2, -0.15) is 0 Å². The quantitative estimate of drug-likeness (QED) is 0.530. The zero-order valence-corrected chi connectivity index (χ0v) is 10.3. The Hall–Kier alpha value is 1.11. The second-order valence-corrected chi connectivity index (χ2v) is 3.68. The van der Waals surface area contributed by atoms with Gasteiger partial charge in [-0.25, -0.2) is 0 Å². The molecule has 1 rings (SSSR count). The molecular weight excluding hydrogens is 251 g/mol. The minimum absolute atomic E-state index is 0. The van der Waals surface area contributed by atoms with Gasteiger partial charge in [-0.1, -0.05) is 13.8 Å². The van der Waals surface area contributed by atoms with Crippen LogP contribution in [0.25, 0.3) is 0 Å². The van der Waals surface area contributed by atoms with Crippen molar-refractivity contribution in [2.75, 3.05) is 5.75 Å². The molecule has 1 heterocycles. The molecule has 1 unspecified atom stereocenters. The summed E-state index contributed by atoms with van der Waals surface area (Å²) < 4.78 is 5.46. The van der Waals surface area contributed by atoms with Crippen LogP contribution in [0.4, 0.5) is 0 Å². The summed E-state index contributed by atoms with van der Waals surface area (Å²) >= 11 is 1.63. The summed E-state index contributed by atoms with van der Waals surface area (Å²) in [6.07, 6.45) is 3.10. The average Bonchev–Trinajstić information content (AvgIpc) is 1.90. The molecule has 0 aromatic rings. The third kappa shape index (κ3) is 3.49. The summed E-state index contributed by atoms with van der Waals surface area (Å²) in [5.74, 6) is 1.88. The van der Waals surface area contributed by atoms with E-state index in [0.29, 0.717) is 12.0 Å². The van der Waals surface area contributed by atoms with Crippen LogP contribution >= 0.6 is 12.0 Å². The largest absolute Gasteiger partial charge is 0.312 e. The van der Waals surface area contributed by atoms with Gasteiger partial charge in [-0.3, -0.25) is 0 Å². The maximum atomic E-state index is 5.46. The molecule has 1 aliphatic heterocycles. The van der Waals surface area contributed by atoms with Gasteiger partial charge in [0.1, 0.15) is 0 Å². The fraction of sp³-hybridized carbons (Fsp3) is 1.00. The van der Waals surface area contributed by atoms with E-state index in [4.69, 9.17) is 4.18 Å². The van der Waals surface area contributed by atoms with Gasteiger partial charge in [0.15, 0.2) is 0 Å². The minimum Gasteiger partial charge on any atom is -0.312 e. The number of hydrogen-bond donors (Lipinski definition) is 0. The summed E-state index contributed by atoms with van der Waals surface area (Å²) in [5, 5.41) is 0. The van der Waals surface area contributed by atoms with Crippen molar-refractivity contribution in [1.82, 2.24) is 0 Å². The molecular formula is C7H14OSSn. The molecule has 0 N–H and O–H groups in total. The molecule has 0 bridgehead atoms. The van der Waals surface area contributed by atoms with Crippen molar-refractivity contribution in [3.05, 3.63) is 0 Å². The Balaban J connectivity index is 0.000000810. The van der Waals surface area contributed by atoms with E-state index in [1.165, 1.54) is 18.6 Å². The zero-order chi connectivity index (χ0) is 6.69. The molecule has 1 saturated heterocycles. The normalized spacial score (nSPS) is 26.1. The molecule has 10 heavy (non-hydrogen) atoms. The maximum absolute atomic E-state index is 5.46. The molecule has 0 aliphatic carbocycles. The maximum Gasteiger partial charge on any atom is 0.0745 e. The third-order valence-electron chi connectivity index (χ3n) is 1.65. The van der Waals surface area contributed by atoms with Gasteiger partial charge in [0, 0.05) is 29.7 Å². The summed E-state index contributed by atoms with van der Waals surface area (Å²) in [7, 11) is 0. The molecule has 1 nitrogen and oxygen atoms in total. The SMILES string of the molecule is CC(C)C1CCCSO1.[Sn]. The fourth-order valence-electron chi connectivity index (χ4n) is 0.972. The van der Waals surface area contributed by atoms with E-state index in [-0.39, 0.29) is 23.9 Å². The van der Waals surface area contributed by atoms with E-state index in [9.17, 15) is 0 Å². The van der Waals surface area contributed by atoms with Crippen LogP contribution in [-0.2, 0) is 4.18 Å². The Labute approximate surface area is 84.4 Å². The number of hydrogen-bond acceptors (Lipinski definition) is 2. The van der Waals surface area contributed by atoms with E-state index in [0.717, 1.165) is 0 Å². The van der Waals surface area contributed by atoms with Crippen LogP contribution in [0.5, 0.6) is 0 Å². The predicted molar refractivity (Wildman–Crippen MR) is 47.2 cm³/mol. The smallest absolute Gasteiger partial charge is 0.0745 e. The molecule has 0 aromatic heterocycles. The molecule has 0 amide bonds. The van der Waals surface area contributed by atoms with Crippen molar-refractivity contribution in [3.8, 4) is 0 Å². The molecule has 0 aromatic carbocycles. The molecule has 0 spiro atoms. The topological polar surface area (TPSA) is 9.23 Å². The second-order valence-electron chi connectivity index (χ2n) is 2.84. The monoisotopic (exact) mass is 266 g/mol. The van der Waals surface area contributed by atoms with Crippen LogP contribution in [0.1, 0.15) is 26.7 Å². The van der Waals surface area contributed by atoms with Gasteiger partial charge in [0.2, 0.25) is 0 Å². The van der Waals surface area contributed by atoms with E-state index >= 15 is 0 Å². The Morgan fingerprint density at radius 2 is 2.20 bits per heavy atom. The first-order valence-corrected chi connectivity index (χ1v) is 4.50. The van der Waals surface area contributed by atoms with Crippen LogP contribution in [-0.4, -0.2) is 35.8 Å². The average molecular weight is 265 g/mol. The summed E-state index contributed by atoms with van der Waals surface area (Å²) in [5.41, 5.74) is 0. The third-order valence-corrected chi connectivity index (χ3v) is 2.49. The molecule has 1 fully saturated rings. The molecule has 0 saturated carbocycles. The molecule has 1 atom stereocenters. The fourth-order valence-corrected chi connectivity index (χ4v) is 1.85. The van der Waals surface area contributed by atoms with E-state index in [1.807, 2.05) is 0 Å². The Morgan fingerprint density at radius 3 is 2.50 bits per heavy atom.